The van der Waals surface area contributed by atoms with Crippen LogP contribution in [-0.2, 0) is 22.6 Å². The number of hydrogen-bond donors (Lipinski definition) is 0. The summed E-state index contributed by atoms with van der Waals surface area (Å²) in [6.07, 6.45) is 6.68. The third-order valence-electron chi connectivity index (χ3n) is 7.53. The van der Waals surface area contributed by atoms with E-state index in [-0.39, 0.29) is 41.3 Å². The first-order valence-electron chi connectivity index (χ1n) is 13.6. The molecule has 2 heterocycles. The van der Waals surface area contributed by atoms with Crippen molar-refractivity contribution < 1.29 is 18.7 Å². The number of hydrogen-bond acceptors (Lipinski definition) is 6. The zero-order chi connectivity index (χ0) is 28.0. The minimum atomic E-state index is -0.565. The van der Waals surface area contributed by atoms with E-state index in [0.29, 0.717) is 37.0 Å². The molecule has 2 atom stereocenters. The van der Waals surface area contributed by atoms with Crippen molar-refractivity contribution in [3.63, 3.8) is 0 Å². The maximum atomic E-state index is 16.2. The van der Waals surface area contributed by atoms with Gasteiger partial charge in [0.2, 0.25) is 11.2 Å². The molecule has 0 bridgehead atoms. The smallest absolute Gasteiger partial charge is 0.258 e. The molecule has 0 amide bonds. The number of carbonyl (C=O) groups is 1. The first-order valence-corrected chi connectivity index (χ1v) is 14.0. The number of nitrogens with zero attached hydrogens (tertiary/aromatic N) is 3. The summed E-state index contributed by atoms with van der Waals surface area (Å²) in [6.45, 7) is 14.9. The largest absolute Gasteiger partial charge is 0.417 e. The lowest BCUT2D eigenvalue weighted by Gasteiger charge is -2.28. The number of aryl methyl sites for hydroxylation is 1. The first-order chi connectivity index (χ1) is 18.2. The molecule has 2 unspecified atom stereocenters. The highest BCUT2D eigenvalue weighted by Gasteiger charge is 2.31. The Morgan fingerprint density at radius 1 is 1.05 bits per heavy atom. The molecule has 2 aromatic heterocycles. The molecule has 38 heavy (non-hydrogen) atoms. The quantitative estimate of drug-likeness (QED) is 0.199. The first kappa shape index (κ1) is 29.9. The number of fused-ring (bicyclic) bond motifs is 1. The van der Waals surface area contributed by atoms with Crippen LogP contribution in [0.15, 0.2) is 29.1 Å². The van der Waals surface area contributed by atoms with Gasteiger partial charge in [0.1, 0.15) is 0 Å². The molecule has 1 aliphatic rings. The number of rotatable bonds is 12. The van der Waals surface area contributed by atoms with Crippen LogP contribution in [0.3, 0.4) is 0 Å². The van der Waals surface area contributed by atoms with Crippen molar-refractivity contribution in [1.29, 1.82) is 0 Å². The number of aromatic nitrogens is 3. The minimum Gasteiger partial charge on any atom is -0.417 e. The van der Waals surface area contributed by atoms with Crippen LogP contribution in [-0.4, -0.2) is 27.3 Å². The summed E-state index contributed by atoms with van der Waals surface area (Å²) in [5, 5.41) is -0.0195. The van der Waals surface area contributed by atoms with Crippen LogP contribution >= 0.6 is 11.6 Å². The summed E-state index contributed by atoms with van der Waals surface area (Å²) in [6, 6.07) is 0. The summed E-state index contributed by atoms with van der Waals surface area (Å²) in [7, 11) is 0. The summed E-state index contributed by atoms with van der Waals surface area (Å²) in [4.78, 5) is 26.1. The van der Waals surface area contributed by atoms with E-state index in [1.54, 1.807) is 6.20 Å². The van der Waals surface area contributed by atoms with Crippen molar-refractivity contribution in [1.82, 2.24) is 15.0 Å². The van der Waals surface area contributed by atoms with Crippen LogP contribution in [0.1, 0.15) is 90.8 Å². The molecule has 6 nitrogen and oxygen atoms in total. The maximum absolute atomic E-state index is 16.2. The van der Waals surface area contributed by atoms with Crippen molar-refractivity contribution >= 4 is 23.0 Å². The van der Waals surface area contributed by atoms with Crippen molar-refractivity contribution in [2.24, 2.45) is 11.8 Å². The number of carbonyl (C=O) groups excluding carboxylic acids is 1. The lowest BCUT2D eigenvalue weighted by molar-refractivity contribution is -0.118. The standard InChI is InChI=1S/C30H39ClFN3O3/c1-8-17(5)19(7)24(27(36)18(6)9-2)23-13-12-20-14-33-29(26(32)25(20)22(23)10-3)38-28-21(16-37-11-4)15-34-30(31)35-28/h14-15,17-18H,8-13,16H2,1-7H3/b24-19-. The SMILES string of the molecule is CCOCc1cnc(Cl)nc1Oc1ncc2c(c1F)C(CC)=C(/C(C(=O)C(C)CC)=C(\C)C(C)CC)CC2. The normalized spacial score (nSPS) is 15.6. The van der Waals surface area contributed by atoms with Crippen molar-refractivity contribution in [3.05, 3.63) is 56.9 Å². The van der Waals surface area contributed by atoms with E-state index in [9.17, 15) is 4.79 Å². The second-order valence-corrected chi connectivity index (χ2v) is 10.2. The number of halogens is 2. The van der Waals surface area contributed by atoms with Gasteiger partial charge in [-0.1, -0.05) is 40.2 Å². The molecule has 3 rings (SSSR count). The van der Waals surface area contributed by atoms with Gasteiger partial charge < -0.3 is 9.47 Å². The molecule has 0 N–H and O–H groups in total. The Kier molecular flexibility index (Phi) is 10.6. The van der Waals surface area contributed by atoms with Gasteiger partial charge in [-0.25, -0.2) is 14.4 Å². The molecule has 2 aromatic rings. The number of Topliss-reactive ketones (excluding diaryl/α,β-unsaturated/α-hetero) is 1. The van der Waals surface area contributed by atoms with Crippen molar-refractivity contribution in [2.75, 3.05) is 6.61 Å². The molecule has 0 fully saturated rings. The van der Waals surface area contributed by atoms with E-state index in [0.717, 1.165) is 40.7 Å². The zero-order valence-corrected chi connectivity index (χ0v) is 24.3. The van der Waals surface area contributed by atoms with Crippen LogP contribution in [0.25, 0.3) is 5.57 Å². The average molecular weight is 544 g/mol. The van der Waals surface area contributed by atoms with E-state index >= 15 is 4.39 Å². The zero-order valence-electron chi connectivity index (χ0n) is 23.6. The monoisotopic (exact) mass is 543 g/mol. The number of ether oxygens (including phenoxy) is 2. The van der Waals surface area contributed by atoms with E-state index in [4.69, 9.17) is 21.1 Å². The van der Waals surface area contributed by atoms with Crippen LogP contribution < -0.4 is 4.74 Å². The Bertz CT molecular complexity index is 1240. The Hall–Kier alpha value is -2.64. The van der Waals surface area contributed by atoms with Gasteiger partial charge in [-0.05, 0) is 80.2 Å². The van der Waals surface area contributed by atoms with Crippen molar-refractivity contribution in [3.8, 4) is 11.8 Å². The maximum Gasteiger partial charge on any atom is 0.258 e. The van der Waals surface area contributed by atoms with Gasteiger partial charge in [0.25, 0.3) is 5.88 Å². The van der Waals surface area contributed by atoms with Gasteiger partial charge >= 0.3 is 0 Å². The summed E-state index contributed by atoms with van der Waals surface area (Å²) < 4.78 is 27.6. The number of allylic oxidation sites excluding steroid dienone is 4. The molecular weight excluding hydrogens is 505 g/mol. The van der Waals surface area contributed by atoms with E-state index in [2.05, 4.69) is 35.7 Å². The Morgan fingerprint density at radius 2 is 1.76 bits per heavy atom. The lowest BCUT2D eigenvalue weighted by Crippen LogP contribution is -2.21. The second-order valence-electron chi connectivity index (χ2n) is 9.84. The van der Waals surface area contributed by atoms with Crippen molar-refractivity contribution in [2.45, 2.75) is 87.2 Å². The molecule has 206 valence electrons. The van der Waals surface area contributed by atoms with Crippen LogP contribution in [0.5, 0.6) is 11.8 Å². The molecule has 0 aliphatic heterocycles. The lowest BCUT2D eigenvalue weighted by atomic mass is 9.76. The third-order valence-corrected chi connectivity index (χ3v) is 7.72. The predicted molar refractivity (Wildman–Crippen MR) is 149 cm³/mol. The average Bonchev–Trinajstić information content (AvgIpc) is 2.92. The van der Waals surface area contributed by atoms with E-state index in [1.165, 1.54) is 6.20 Å². The highest BCUT2D eigenvalue weighted by atomic mass is 35.5. The molecule has 0 radical (unpaired) electrons. The number of pyridine rings is 1. The molecule has 1 aliphatic carbocycles. The van der Waals surface area contributed by atoms with Gasteiger partial charge in [-0.3, -0.25) is 4.79 Å². The minimum absolute atomic E-state index is 0.0195. The highest BCUT2D eigenvalue weighted by Crippen LogP contribution is 2.43. The Morgan fingerprint density at radius 3 is 2.39 bits per heavy atom. The fourth-order valence-corrected chi connectivity index (χ4v) is 4.87. The fraction of sp³-hybridized carbons (Fsp3) is 0.533. The van der Waals surface area contributed by atoms with Crippen LogP contribution in [0.4, 0.5) is 4.39 Å². The molecule has 0 aromatic carbocycles. The third kappa shape index (κ3) is 6.32. The topological polar surface area (TPSA) is 74.2 Å². The Labute approximate surface area is 230 Å². The molecule has 0 saturated heterocycles. The second kappa shape index (κ2) is 13.4. The number of ketones is 1. The van der Waals surface area contributed by atoms with Crippen LogP contribution in [0.2, 0.25) is 5.28 Å². The van der Waals surface area contributed by atoms with Gasteiger partial charge in [-0.15, -0.1) is 0 Å². The predicted octanol–water partition coefficient (Wildman–Crippen LogP) is 8.08. The summed E-state index contributed by atoms with van der Waals surface area (Å²) >= 11 is 6.00. The van der Waals surface area contributed by atoms with Crippen LogP contribution in [0, 0.1) is 17.7 Å². The molecule has 0 spiro atoms. The van der Waals surface area contributed by atoms with E-state index < -0.39 is 5.82 Å². The van der Waals surface area contributed by atoms with Gasteiger partial charge in [0.15, 0.2) is 11.6 Å². The van der Waals surface area contributed by atoms with Gasteiger partial charge in [-0.2, -0.15) is 4.98 Å². The van der Waals surface area contributed by atoms with Gasteiger partial charge in [0.05, 0.1) is 12.2 Å². The Balaban J connectivity index is 2.18. The molecular formula is C30H39ClFN3O3. The molecule has 8 heteroatoms. The van der Waals surface area contributed by atoms with Gasteiger partial charge in [0, 0.05) is 36.1 Å². The molecule has 0 saturated carbocycles. The van der Waals surface area contributed by atoms with E-state index in [1.807, 2.05) is 27.7 Å². The highest BCUT2D eigenvalue weighted by molar-refractivity contribution is 6.28. The summed E-state index contributed by atoms with van der Waals surface area (Å²) in [5.74, 6) is -0.383. The summed E-state index contributed by atoms with van der Waals surface area (Å²) in [5.41, 5.74) is 5.44. The fourth-order valence-electron chi connectivity index (χ4n) is 4.75.